The van der Waals surface area contributed by atoms with Crippen molar-refractivity contribution in [2.24, 2.45) is 0 Å². The van der Waals surface area contributed by atoms with Crippen LogP contribution in [0.3, 0.4) is 0 Å². The molecule has 2 aliphatic rings. The van der Waals surface area contributed by atoms with Gasteiger partial charge in [-0.2, -0.15) is 0 Å². The zero-order valence-corrected chi connectivity index (χ0v) is 16.1. The Hall–Kier alpha value is -2.87. The molecule has 2 fully saturated rings. The Kier molecular flexibility index (Phi) is 5.29. The van der Waals surface area contributed by atoms with Crippen molar-refractivity contribution in [1.82, 2.24) is 19.7 Å². The van der Waals surface area contributed by atoms with Gasteiger partial charge in [-0.1, -0.05) is 0 Å². The molecule has 8 heteroatoms. The van der Waals surface area contributed by atoms with Crippen molar-refractivity contribution in [2.45, 2.75) is 0 Å². The van der Waals surface area contributed by atoms with Gasteiger partial charge in [0.2, 0.25) is 0 Å². The van der Waals surface area contributed by atoms with Crippen LogP contribution in [-0.2, 0) is 0 Å². The molecule has 2 aromatic rings. The van der Waals surface area contributed by atoms with E-state index in [1.54, 1.807) is 28.1 Å². The van der Waals surface area contributed by atoms with Crippen molar-refractivity contribution in [2.75, 3.05) is 64.3 Å². The lowest BCUT2D eigenvalue weighted by atomic mass is 10.2. The van der Waals surface area contributed by atoms with Crippen LogP contribution in [0.15, 0.2) is 41.3 Å². The summed E-state index contributed by atoms with van der Waals surface area (Å²) in [5, 5.41) is 0. The topological polar surface area (TPSA) is 73.1 Å². The molecule has 4 rings (SSSR count). The summed E-state index contributed by atoms with van der Waals surface area (Å²) >= 11 is 0. The fourth-order valence-electron chi connectivity index (χ4n) is 3.63. The molecule has 0 aliphatic carbocycles. The Balaban J connectivity index is 1.37. The minimum absolute atomic E-state index is 0.0337. The summed E-state index contributed by atoms with van der Waals surface area (Å²) in [7, 11) is 2.12. The number of piperazine rings is 2. The smallest absolute Gasteiger partial charge is 0.289 e. The van der Waals surface area contributed by atoms with Crippen molar-refractivity contribution in [1.29, 1.82) is 0 Å². The Morgan fingerprint density at radius 3 is 2.25 bits per heavy atom. The summed E-state index contributed by atoms with van der Waals surface area (Å²) in [6.45, 7) is 5.88. The van der Waals surface area contributed by atoms with Crippen LogP contribution in [0.5, 0.6) is 0 Å². The summed E-state index contributed by atoms with van der Waals surface area (Å²) in [5.41, 5.74) is 1.59. The van der Waals surface area contributed by atoms with E-state index in [1.807, 2.05) is 12.3 Å². The minimum atomic E-state index is -0.129. The SMILES string of the molecule is CN1CCN(c2cncc(C(=O)N3CCN(C(=O)c4ccco4)CC3)c2)CC1. The number of amides is 2. The molecule has 8 nitrogen and oxygen atoms in total. The van der Waals surface area contributed by atoms with Gasteiger partial charge in [0.05, 0.1) is 23.7 Å². The molecule has 0 radical (unpaired) electrons. The fourth-order valence-corrected chi connectivity index (χ4v) is 3.63. The molecule has 0 bridgehead atoms. The van der Waals surface area contributed by atoms with Gasteiger partial charge in [-0.25, -0.2) is 0 Å². The van der Waals surface area contributed by atoms with Gasteiger partial charge in [-0.15, -0.1) is 0 Å². The van der Waals surface area contributed by atoms with E-state index in [9.17, 15) is 9.59 Å². The maximum atomic E-state index is 12.9. The molecule has 2 aromatic heterocycles. The number of carbonyl (C=O) groups excluding carboxylic acids is 2. The molecule has 0 atom stereocenters. The van der Waals surface area contributed by atoms with Gasteiger partial charge in [0.1, 0.15) is 0 Å². The lowest BCUT2D eigenvalue weighted by molar-refractivity contribution is 0.0518. The van der Waals surface area contributed by atoms with E-state index in [2.05, 4.69) is 21.8 Å². The number of hydrogen-bond donors (Lipinski definition) is 0. The number of anilines is 1. The molecule has 2 aliphatic heterocycles. The number of aromatic nitrogens is 1. The summed E-state index contributed by atoms with van der Waals surface area (Å²) in [6, 6.07) is 5.30. The molecular weight excluding hydrogens is 358 g/mol. The lowest BCUT2D eigenvalue weighted by Crippen LogP contribution is -2.50. The van der Waals surface area contributed by atoms with Crippen LogP contribution in [0.25, 0.3) is 0 Å². The number of pyridine rings is 1. The highest BCUT2D eigenvalue weighted by Gasteiger charge is 2.27. The summed E-state index contributed by atoms with van der Waals surface area (Å²) in [6.07, 6.45) is 4.94. The zero-order valence-electron chi connectivity index (χ0n) is 16.1. The molecule has 0 spiro atoms. The summed E-state index contributed by atoms with van der Waals surface area (Å²) in [4.78, 5) is 37.7. The third-order valence-corrected chi connectivity index (χ3v) is 5.43. The third-order valence-electron chi connectivity index (χ3n) is 5.43. The second kappa shape index (κ2) is 8.02. The van der Waals surface area contributed by atoms with Gasteiger partial charge in [-0.3, -0.25) is 14.6 Å². The highest BCUT2D eigenvalue weighted by Crippen LogP contribution is 2.18. The molecule has 4 heterocycles. The Bertz CT molecular complexity index is 822. The molecule has 0 N–H and O–H groups in total. The Morgan fingerprint density at radius 1 is 0.929 bits per heavy atom. The number of furan rings is 1. The first-order valence-electron chi connectivity index (χ1n) is 9.62. The normalized spacial score (nSPS) is 18.4. The van der Waals surface area contributed by atoms with Crippen LogP contribution < -0.4 is 4.90 Å². The Labute approximate surface area is 164 Å². The fraction of sp³-hybridized carbons (Fsp3) is 0.450. The van der Waals surface area contributed by atoms with Crippen LogP contribution in [0.4, 0.5) is 5.69 Å². The molecular formula is C20H25N5O3. The van der Waals surface area contributed by atoms with Gasteiger partial charge in [0.15, 0.2) is 5.76 Å². The van der Waals surface area contributed by atoms with Crippen LogP contribution in [0.2, 0.25) is 0 Å². The number of likely N-dealkylation sites (N-methyl/N-ethyl adjacent to an activating group) is 1. The van der Waals surface area contributed by atoms with Crippen LogP contribution in [0, 0.1) is 0 Å². The third kappa shape index (κ3) is 3.87. The standard InChI is InChI=1S/C20H25N5O3/c1-22-4-6-23(7-5-22)17-13-16(14-21-15-17)19(26)24-8-10-25(11-9-24)20(27)18-3-2-12-28-18/h2-3,12-15H,4-11H2,1H3. The molecule has 0 aromatic carbocycles. The van der Waals surface area contributed by atoms with E-state index in [4.69, 9.17) is 4.42 Å². The maximum Gasteiger partial charge on any atom is 0.289 e. The molecule has 2 saturated heterocycles. The van der Waals surface area contributed by atoms with Crippen molar-refractivity contribution < 1.29 is 14.0 Å². The number of carbonyl (C=O) groups is 2. The number of hydrogen-bond acceptors (Lipinski definition) is 6. The van der Waals surface area contributed by atoms with E-state index < -0.39 is 0 Å². The van der Waals surface area contributed by atoms with Crippen LogP contribution in [0.1, 0.15) is 20.9 Å². The van der Waals surface area contributed by atoms with E-state index in [1.165, 1.54) is 6.26 Å². The first-order chi connectivity index (χ1) is 13.6. The first kappa shape index (κ1) is 18.5. The number of nitrogens with zero attached hydrogens (tertiary/aromatic N) is 5. The molecule has 28 heavy (non-hydrogen) atoms. The van der Waals surface area contributed by atoms with Gasteiger partial charge in [0, 0.05) is 58.6 Å². The summed E-state index contributed by atoms with van der Waals surface area (Å²) < 4.78 is 5.18. The molecule has 2 amide bonds. The van der Waals surface area contributed by atoms with Crippen molar-refractivity contribution >= 4 is 17.5 Å². The van der Waals surface area contributed by atoms with E-state index in [0.29, 0.717) is 37.5 Å². The van der Waals surface area contributed by atoms with Crippen LogP contribution in [-0.4, -0.2) is 90.9 Å². The second-order valence-corrected chi connectivity index (χ2v) is 7.28. The predicted octanol–water partition coefficient (Wildman–Crippen LogP) is 1.02. The van der Waals surface area contributed by atoms with Crippen molar-refractivity contribution in [3.63, 3.8) is 0 Å². The summed E-state index contributed by atoms with van der Waals surface area (Å²) in [5.74, 6) is 0.174. The second-order valence-electron chi connectivity index (χ2n) is 7.28. The van der Waals surface area contributed by atoms with Gasteiger partial charge in [-0.05, 0) is 25.2 Å². The van der Waals surface area contributed by atoms with E-state index in [-0.39, 0.29) is 11.8 Å². The van der Waals surface area contributed by atoms with E-state index >= 15 is 0 Å². The molecule has 0 unspecified atom stereocenters. The van der Waals surface area contributed by atoms with Gasteiger partial charge < -0.3 is 24.0 Å². The van der Waals surface area contributed by atoms with Crippen LogP contribution >= 0.6 is 0 Å². The van der Waals surface area contributed by atoms with Gasteiger partial charge in [0.25, 0.3) is 11.8 Å². The lowest BCUT2D eigenvalue weighted by Gasteiger charge is -2.35. The number of rotatable bonds is 3. The maximum absolute atomic E-state index is 12.9. The predicted molar refractivity (Wildman–Crippen MR) is 104 cm³/mol. The Morgan fingerprint density at radius 2 is 1.61 bits per heavy atom. The molecule has 0 saturated carbocycles. The largest absolute Gasteiger partial charge is 0.459 e. The monoisotopic (exact) mass is 383 g/mol. The van der Waals surface area contributed by atoms with E-state index in [0.717, 1.165) is 31.9 Å². The van der Waals surface area contributed by atoms with Crippen molar-refractivity contribution in [3.8, 4) is 0 Å². The van der Waals surface area contributed by atoms with Crippen molar-refractivity contribution in [3.05, 3.63) is 48.2 Å². The highest BCUT2D eigenvalue weighted by atomic mass is 16.3. The first-order valence-corrected chi connectivity index (χ1v) is 9.62. The zero-order chi connectivity index (χ0) is 19.5. The average molecular weight is 383 g/mol. The van der Waals surface area contributed by atoms with Gasteiger partial charge >= 0.3 is 0 Å². The molecule has 148 valence electrons. The highest BCUT2D eigenvalue weighted by molar-refractivity contribution is 5.95. The minimum Gasteiger partial charge on any atom is -0.459 e. The quantitative estimate of drug-likeness (QED) is 0.788. The average Bonchev–Trinajstić information content (AvgIpc) is 3.28.